The van der Waals surface area contributed by atoms with Gasteiger partial charge in [0.05, 0.1) is 4.90 Å². The molecule has 1 aromatic heterocycles. The van der Waals surface area contributed by atoms with Crippen LogP contribution in [0.5, 0.6) is 0 Å². The normalized spacial score (nSPS) is 10.7. The molecule has 0 aliphatic heterocycles. The number of hydrogen-bond donors (Lipinski definition) is 2. The maximum atomic E-state index is 11.5. The summed E-state index contributed by atoms with van der Waals surface area (Å²) < 4.78 is 23.1. The van der Waals surface area contributed by atoms with Gasteiger partial charge in [-0.15, -0.1) is 0 Å². The molecule has 2 rings (SSSR count). The van der Waals surface area contributed by atoms with E-state index in [1.54, 1.807) is 6.07 Å². The lowest BCUT2D eigenvalue weighted by atomic mass is 10.2. The highest BCUT2D eigenvalue weighted by atomic mass is 32.2. The zero-order chi connectivity index (χ0) is 16.3. The Balaban J connectivity index is 2.47. The second-order valence-corrected chi connectivity index (χ2v) is 6.45. The summed E-state index contributed by atoms with van der Waals surface area (Å²) in [4.78, 5) is 15.2. The Kier molecular flexibility index (Phi) is 4.10. The van der Waals surface area contributed by atoms with Gasteiger partial charge < -0.3 is 10.4 Å². The van der Waals surface area contributed by atoms with Crippen LogP contribution in [0.2, 0.25) is 0 Å². The van der Waals surface area contributed by atoms with Crippen LogP contribution in [0, 0.1) is 11.3 Å². The number of benzene rings is 1. The second kappa shape index (κ2) is 5.83. The van der Waals surface area contributed by atoms with Crippen molar-refractivity contribution in [1.29, 1.82) is 5.26 Å². The van der Waals surface area contributed by atoms with E-state index in [1.165, 1.54) is 30.3 Å². The maximum Gasteiger partial charge on any atom is 0.339 e. The molecule has 8 heteroatoms. The minimum Gasteiger partial charge on any atom is -0.478 e. The van der Waals surface area contributed by atoms with Crippen LogP contribution >= 0.6 is 0 Å². The average Bonchev–Trinajstić information content (AvgIpc) is 2.46. The van der Waals surface area contributed by atoms with Crippen LogP contribution < -0.4 is 5.32 Å². The fourth-order valence-electron chi connectivity index (χ4n) is 1.73. The molecule has 0 atom stereocenters. The van der Waals surface area contributed by atoms with Gasteiger partial charge in [0.25, 0.3) is 0 Å². The van der Waals surface area contributed by atoms with Gasteiger partial charge in [-0.2, -0.15) is 5.26 Å². The van der Waals surface area contributed by atoms with E-state index in [-0.39, 0.29) is 22.0 Å². The number of pyridine rings is 1. The Bertz CT molecular complexity index is 885. The van der Waals surface area contributed by atoms with E-state index in [2.05, 4.69) is 10.3 Å². The average molecular weight is 317 g/mol. The summed E-state index contributed by atoms with van der Waals surface area (Å²) >= 11 is 0. The number of carboxylic acid groups (broad SMARTS) is 1. The predicted molar refractivity (Wildman–Crippen MR) is 78.7 cm³/mol. The molecule has 2 N–H and O–H groups in total. The second-order valence-electron chi connectivity index (χ2n) is 4.43. The maximum absolute atomic E-state index is 11.5. The number of sulfone groups is 1. The fraction of sp³-hybridized carbons (Fsp3) is 0.0714. The Labute approximate surface area is 126 Å². The monoisotopic (exact) mass is 317 g/mol. The Hall–Kier alpha value is -2.92. The van der Waals surface area contributed by atoms with Gasteiger partial charge in [0.15, 0.2) is 9.84 Å². The van der Waals surface area contributed by atoms with Gasteiger partial charge in [-0.1, -0.05) is 6.07 Å². The molecule has 0 aliphatic rings. The van der Waals surface area contributed by atoms with Gasteiger partial charge in [-0.25, -0.2) is 18.2 Å². The molecule has 22 heavy (non-hydrogen) atoms. The lowest BCUT2D eigenvalue weighted by molar-refractivity contribution is 0.0697. The van der Waals surface area contributed by atoms with Crippen LogP contribution in [-0.4, -0.2) is 30.7 Å². The SMILES string of the molecule is CS(=O)(=O)c1cccc(Nc2nc(C#N)ccc2C(=O)O)c1. The smallest absolute Gasteiger partial charge is 0.339 e. The van der Waals surface area contributed by atoms with Gasteiger partial charge in [-0.3, -0.25) is 0 Å². The third-order valence-electron chi connectivity index (χ3n) is 2.77. The largest absolute Gasteiger partial charge is 0.478 e. The van der Waals surface area contributed by atoms with Crippen LogP contribution in [-0.2, 0) is 9.84 Å². The summed E-state index contributed by atoms with van der Waals surface area (Å²) in [6.45, 7) is 0. The molecule has 0 saturated heterocycles. The highest BCUT2D eigenvalue weighted by molar-refractivity contribution is 7.90. The summed E-state index contributed by atoms with van der Waals surface area (Å²) in [6, 6.07) is 10.3. The Morgan fingerprint density at radius 2 is 2.05 bits per heavy atom. The highest BCUT2D eigenvalue weighted by Crippen LogP contribution is 2.22. The van der Waals surface area contributed by atoms with Crippen molar-refractivity contribution in [3.8, 4) is 6.07 Å². The van der Waals surface area contributed by atoms with E-state index in [9.17, 15) is 13.2 Å². The van der Waals surface area contributed by atoms with E-state index in [0.29, 0.717) is 5.69 Å². The minimum atomic E-state index is -3.39. The summed E-state index contributed by atoms with van der Waals surface area (Å²) in [7, 11) is -3.39. The minimum absolute atomic E-state index is 0.0304. The quantitative estimate of drug-likeness (QED) is 0.882. The molecule has 0 bridgehead atoms. The van der Waals surface area contributed by atoms with Crippen LogP contribution in [0.3, 0.4) is 0 Å². The van der Waals surface area contributed by atoms with Crippen molar-refractivity contribution in [2.45, 2.75) is 4.90 Å². The summed E-state index contributed by atoms with van der Waals surface area (Å²) in [5.74, 6) is -1.24. The lowest BCUT2D eigenvalue weighted by Crippen LogP contribution is -2.06. The van der Waals surface area contributed by atoms with E-state index < -0.39 is 15.8 Å². The third-order valence-corrected chi connectivity index (χ3v) is 3.88. The number of nitriles is 1. The van der Waals surface area contributed by atoms with Crippen molar-refractivity contribution in [1.82, 2.24) is 4.98 Å². The van der Waals surface area contributed by atoms with Crippen molar-refractivity contribution in [3.05, 3.63) is 47.7 Å². The summed E-state index contributed by atoms with van der Waals surface area (Å²) in [5, 5.41) is 20.7. The molecule has 1 aromatic carbocycles. The zero-order valence-electron chi connectivity index (χ0n) is 11.4. The molecule has 0 unspecified atom stereocenters. The first-order valence-electron chi connectivity index (χ1n) is 6.03. The van der Waals surface area contributed by atoms with Gasteiger partial charge in [0.2, 0.25) is 0 Å². The van der Waals surface area contributed by atoms with Crippen molar-refractivity contribution in [3.63, 3.8) is 0 Å². The number of hydrogen-bond acceptors (Lipinski definition) is 6. The molecule has 0 saturated carbocycles. The fourth-order valence-corrected chi connectivity index (χ4v) is 2.40. The van der Waals surface area contributed by atoms with Gasteiger partial charge in [-0.05, 0) is 30.3 Å². The van der Waals surface area contributed by atoms with Crippen molar-refractivity contribution in [2.24, 2.45) is 0 Å². The molecular formula is C14H11N3O4S. The van der Waals surface area contributed by atoms with Gasteiger partial charge >= 0.3 is 5.97 Å². The van der Waals surface area contributed by atoms with E-state index in [0.717, 1.165) is 6.26 Å². The van der Waals surface area contributed by atoms with Crippen LogP contribution in [0.15, 0.2) is 41.3 Å². The topological polar surface area (TPSA) is 120 Å². The first kappa shape index (κ1) is 15.5. The molecule has 1 heterocycles. The van der Waals surface area contributed by atoms with Gasteiger partial charge in [0, 0.05) is 11.9 Å². The number of rotatable bonds is 4. The number of carbonyl (C=O) groups is 1. The van der Waals surface area contributed by atoms with Crippen LogP contribution in [0.4, 0.5) is 11.5 Å². The number of anilines is 2. The van der Waals surface area contributed by atoms with Crippen LogP contribution in [0.25, 0.3) is 0 Å². The first-order chi connectivity index (χ1) is 10.3. The third kappa shape index (κ3) is 3.39. The molecule has 112 valence electrons. The first-order valence-corrected chi connectivity index (χ1v) is 7.92. The zero-order valence-corrected chi connectivity index (χ0v) is 12.3. The number of nitrogens with one attached hydrogen (secondary N) is 1. The number of aromatic nitrogens is 1. The van der Waals surface area contributed by atoms with E-state index in [4.69, 9.17) is 10.4 Å². The molecule has 0 spiro atoms. The lowest BCUT2D eigenvalue weighted by Gasteiger charge is -2.10. The molecule has 0 amide bonds. The number of nitrogens with zero attached hydrogens (tertiary/aromatic N) is 2. The Morgan fingerprint density at radius 1 is 1.32 bits per heavy atom. The van der Waals surface area contributed by atoms with Crippen LogP contribution in [0.1, 0.15) is 16.1 Å². The molecule has 7 nitrogen and oxygen atoms in total. The number of carboxylic acids is 1. The summed E-state index contributed by atoms with van der Waals surface area (Å²) in [5.41, 5.74) is 0.281. The van der Waals surface area contributed by atoms with Gasteiger partial charge in [0.1, 0.15) is 23.1 Å². The standard InChI is InChI=1S/C14H11N3O4S/c1-22(20,21)11-4-2-3-9(7-11)16-13-12(14(18)19)6-5-10(8-15)17-13/h2-7H,1H3,(H,16,17)(H,18,19). The molecule has 2 aromatic rings. The van der Waals surface area contributed by atoms with E-state index in [1.807, 2.05) is 6.07 Å². The van der Waals surface area contributed by atoms with E-state index >= 15 is 0 Å². The number of aromatic carboxylic acids is 1. The molecule has 0 radical (unpaired) electrons. The highest BCUT2D eigenvalue weighted by Gasteiger charge is 2.14. The van der Waals surface area contributed by atoms with Crippen molar-refractivity contribution < 1.29 is 18.3 Å². The molecular weight excluding hydrogens is 306 g/mol. The van der Waals surface area contributed by atoms with Crippen molar-refractivity contribution in [2.75, 3.05) is 11.6 Å². The van der Waals surface area contributed by atoms with Crippen molar-refractivity contribution >= 4 is 27.3 Å². The molecule has 0 aliphatic carbocycles. The summed E-state index contributed by atoms with van der Waals surface area (Å²) in [6.07, 6.45) is 1.07. The predicted octanol–water partition coefficient (Wildman–Crippen LogP) is 1.80. The Morgan fingerprint density at radius 3 is 2.64 bits per heavy atom. The molecule has 0 fully saturated rings.